The standard InChI is InChI=1S/C14H18N2O3/c1-10(18)11-2-4-12(5-3-11)16-8-7-15-13(6-9-17)14(16)19/h2-5,13,15,17H,6-9H2,1H3. The van der Waals surface area contributed by atoms with Crippen LogP contribution in [-0.2, 0) is 4.79 Å². The molecule has 0 saturated carbocycles. The van der Waals surface area contributed by atoms with Gasteiger partial charge in [0.2, 0.25) is 5.91 Å². The number of carbonyl (C=O) groups excluding carboxylic acids is 2. The first kappa shape index (κ1) is 13.7. The molecule has 0 spiro atoms. The van der Waals surface area contributed by atoms with Gasteiger partial charge in [-0.2, -0.15) is 0 Å². The summed E-state index contributed by atoms with van der Waals surface area (Å²) in [4.78, 5) is 25.1. The molecule has 0 aliphatic carbocycles. The molecule has 0 aromatic heterocycles. The van der Waals surface area contributed by atoms with E-state index in [4.69, 9.17) is 5.11 Å². The molecule has 1 aliphatic heterocycles. The van der Waals surface area contributed by atoms with E-state index in [9.17, 15) is 9.59 Å². The zero-order chi connectivity index (χ0) is 13.8. The molecule has 19 heavy (non-hydrogen) atoms. The molecule has 102 valence electrons. The van der Waals surface area contributed by atoms with E-state index < -0.39 is 0 Å². The van der Waals surface area contributed by atoms with Gasteiger partial charge in [0.1, 0.15) is 0 Å². The highest BCUT2D eigenvalue weighted by Crippen LogP contribution is 2.19. The van der Waals surface area contributed by atoms with Crippen molar-refractivity contribution < 1.29 is 14.7 Å². The highest BCUT2D eigenvalue weighted by molar-refractivity contribution is 5.99. The molecule has 1 aliphatic rings. The molecular weight excluding hydrogens is 244 g/mol. The molecule has 1 saturated heterocycles. The van der Waals surface area contributed by atoms with Gasteiger partial charge in [-0.1, -0.05) is 0 Å². The van der Waals surface area contributed by atoms with Crippen molar-refractivity contribution in [3.63, 3.8) is 0 Å². The van der Waals surface area contributed by atoms with Crippen LogP contribution in [0.15, 0.2) is 24.3 Å². The van der Waals surface area contributed by atoms with Gasteiger partial charge in [0.15, 0.2) is 5.78 Å². The van der Waals surface area contributed by atoms with Crippen LogP contribution < -0.4 is 10.2 Å². The van der Waals surface area contributed by atoms with Crippen molar-refractivity contribution in [1.82, 2.24) is 5.32 Å². The lowest BCUT2D eigenvalue weighted by molar-refractivity contribution is -0.122. The second-order valence-electron chi connectivity index (χ2n) is 4.61. The Morgan fingerprint density at radius 2 is 2.11 bits per heavy atom. The summed E-state index contributed by atoms with van der Waals surface area (Å²) in [6.45, 7) is 2.80. The van der Waals surface area contributed by atoms with Crippen LogP contribution in [0, 0.1) is 0 Å². The van der Waals surface area contributed by atoms with Crippen molar-refractivity contribution in [2.24, 2.45) is 0 Å². The summed E-state index contributed by atoms with van der Waals surface area (Å²) in [6.07, 6.45) is 0.418. The van der Waals surface area contributed by atoms with E-state index in [0.29, 0.717) is 25.1 Å². The number of ketones is 1. The highest BCUT2D eigenvalue weighted by Gasteiger charge is 2.28. The van der Waals surface area contributed by atoms with E-state index in [2.05, 4.69) is 5.32 Å². The zero-order valence-corrected chi connectivity index (χ0v) is 10.9. The summed E-state index contributed by atoms with van der Waals surface area (Å²) < 4.78 is 0. The van der Waals surface area contributed by atoms with Gasteiger partial charge in [0, 0.05) is 30.9 Å². The van der Waals surface area contributed by atoms with Crippen LogP contribution in [0.5, 0.6) is 0 Å². The van der Waals surface area contributed by atoms with E-state index in [1.54, 1.807) is 29.2 Å². The van der Waals surface area contributed by atoms with Gasteiger partial charge in [0.05, 0.1) is 6.04 Å². The third kappa shape index (κ3) is 3.00. The van der Waals surface area contributed by atoms with E-state index in [1.807, 2.05) is 0 Å². The Bertz CT molecular complexity index is 468. The number of nitrogens with one attached hydrogen (secondary N) is 1. The van der Waals surface area contributed by atoms with Crippen molar-refractivity contribution in [3.8, 4) is 0 Å². The van der Waals surface area contributed by atoms with Crippen LogP contribution in [-0.4, -0.2) is 42.5 Å². The fourth-order valence-electron chi connectivity index (χ4n) is 2.22. The first-order valence-corrected chi connectivity index (χ1v) is 6.40. The quantitative estimate of drug-likeness (QED) is 0.779. The SMILES string of the molecule is CC(=O)c1ccc(N2CCNC(CCO)C2=O)cc1. The second-order valence-corrected chi connectivity index (χ2v) is 4.61. The van der Waals surface area contributed by atoms with E-state index in [0.717, 1.165) is 5.69 Å². The van der Waals surface area contributed by atoms with E-state index in [-0.39, 0.29) is 24.3 Å². The van der Waals surface area contributed by atoms with Gasteiger partial charge >= 0.3 is 0 Å². The van der Waals surface area contributed by atoms with Crippen LogP contribution in [0.1, 0.15) is 23.7 Å². The number of piperazine rings is 1. The van der Waals surface area contributed by atoms with E-state index in [1.165, 1.54) is 6.92 Å². The number of rotatable bonds is 4. The number of aliphatic hydroxyl groups is 1. The maximum absolute atomic E-state index is 12.2. The Morgan fingerprint density at radius 3 is 2.68 bits per heavy atom. The fourth-order valence-corrected chi connectivity index (χ4v) is 2.22. The maximum Gasteiger partial charge on any atom is 0.244 e. The van der Waals surface area contributed by atoms with Crippen molar-refractivity contribution in [1.29, 1.82) is 0 Å². The predicted molar refractivity (Wildman–Crippen MR) is 72.3 cm³/mol. The lowest BCUT2D eigenvalue weighted by Gasteiger charge is -2.33. The number of benzene rings is 1. The molecule has 0 bridgehead atoms. The van der Waals surface area contributed by atoms with Crippen molar-refractivity contribution in [2.75, 3.05) is 24.6 Å². The molecule has 2 N–H and O–H groups in total. The van der Waals surface area contributed by atoms with Crippen LogP contribution in [0.2, 0.25) is 0 Å². The van der Waals surface area contributed by atoms with Crippen molar-refractivity contribution >= 4 is 17.4 Å². The average Bonchev–Trinajstić information content (AvgIpc) is 2.41. The summed E-state index contributed by atoms with van der Waals surface area (Å²) in [5.74, 6) is -0.0211. The molecule has 5 heteroatoms. The summed E-state index contributed by atoms with van der Waals surface area (Å²) in [6, 6.07) is 6.71. The first-order valence-electron chi connectivity index (χ1n) is 6.40. The summed E-state index contributed by atoms with van der Waals surface area (Å²) >= 11 is 0. The molecule has 1 amide bonds. The van der Waals surface area contributed by atoms with Gasteiger partial charge in [-0.25, -0.2) is 0 Å². The highest BCUT2D eigenvalue weighted by atomic mass is 16.3. The third-order valence-electron chi connectivity index (χ3n) is 3.29. The predicted octanol–water partition coefficient (Wildman–Crippen LogP) is 0.576. The number of carbonyl (C=O) groups is 2. The lowest BCUT2D eigenvalue weighted by atomic mass is 10.1. The normalized spacial score (nSPS) is 19.6. The number of anilines is 1. The third-order valence-corrected chi connectivity index (χ3v) is 3.29. The van der Waals surface area contributed by atoms with Gasteiger partial charge in [-0.05, 0) is 37.6 Å². The number of Topliss-reactive ketones (excluding diaryl/α,β-unsaturated/α-hetero) is 1. The van der Waals surface area contributed by atoms with Gasteiger partial charge in [-0.15, -0.1) is 0 Å². The first-order chi connectivity index (χ1) is 9.13. The summed E-state index contributed by atoms with van der Waals surface area (Å²) in [7, 11) is 0. The van der Waals surface area contributed by atoms with Gasteiger partial charge in [0.25, 0.3) is 0 Å². The number of hydrogen-bond acceptors (Lipinski definition) is 4. The maximum atomic E-state index is 12.2. The number of amides is 1. The summed E-state index contributed by atoms with van der Waals surface area (Å²) in [5, 5.41) is 12.0. The Hall–Kier alpha value is -1.72. The molecule has 2 rings (SSSR count). The van der Waals surface area contributed by atoms with Gasteiger partial charge in [-0.3, -0.25) is 9.59 Å². The molecule has 1 unspecified atom stereocenters. The fraction of sp³-hybridized carbons (Fsp3) is 0.429. The number of nitrogens with zero attached hydrogens (tertiary/aromatic N) is 1. The molecule has 1 aromatic carbocycles. The molecule has 1 fully saturated rings. The largest absolute Gasteiger partial charge is 0.396 e. The summed E-state index contributed by atoms with van der Waals surface area (Å²) in [5.41, 5.74) is 1.43. The minimum absolute atomic E-state index is 0.0105. The Morgan fingerprint density at radius 1 is 1.42 bits per heavy atom. The number of aliphatic hydroxyl groups excluding tert-OH is 1. The molecule has 0 radical (unpaired) electrons. The molecule has 1 atom stereocenters. The van der Waals surface area contributed by atoms with Crippen LogP contribution in [0.4, 0.5) is 5.69 Å². The molecule has 5 nitrogen and oxygen atoms in total. The van der Waals surface area contributed by atoms with Crippen molar-refractivity contribution in [2.45, 2.75) is 19.4 Å². The average molecular weight is 262 g/mol. The van der Waals surface area contributed by atoms with Crippen LogP contribution in [0.3, 0.4) is 0 Å². The minimum Gasteiger partial charge on any atom is -0.396 e. The Labute approximate surface area is 112 Å². The molecule has 1 heterocycles. The lowest BCUT2D eigenvalue weighted by Crippen LogP contribution is -2.55. The van der Waals surface area contributed by atoms with Crippen LogP contribution in [0.25, 0.3) is 0 Å². The monoisotopic (exact) mass is 262 g/mol. The number of hydrogen-bond donors (Lipinski definition) is 2. The van der Waals surface area contributed by atoms with E-state index >= 15 is 0 Å². The smallest absolute Gasteiger partial charge is 0.244 e. The topological polar surface area (TPSA) is 69.6 Å². The molecular formula is C14H18N2O3. The van der Waals surface area contributed by atoms with Gasteiger partial charge < -0.3 is 15.3 Å². The second kappa shape index (κ2) is 5.95. The molecule has 1 aromatic rings. The van der Waals surface area contributed by atoms with Crippen molar-refractivity contribution in [3.05, 3.63) is 29.8 Å². The Kier molecular flexibility index (Phi) is 4.29. The Balaban J connectivity index is 2.16. The zero-order valence-electron chi connectivity index (χ0n) is 10.9. The minimum atomic E-state index is -0.328. The van der Waals surface area contributed by atoms with Crippen LogP contribution >= 0.6 is 0 Å².